The van der Waals surface area contributed by atoms with Gasteiger partial charge in [-0.25, -0.2) is 4.79 Å². The van der Waals surface area contributed by atoms with E-state index in [1.54, 1.807) is 12.1 Å². The zero-order valence-electron chi connectivity index (χ0n) is 14.9. The molecular weight excluding hydrogens is 346 g/mol. The number of halogens is 1. The number of amides is 1. The number of methoxy groups -OCH3 is 1. The predicted octanol–water partition coefficient (Wildman–Crippen LogP) is 3.08. The summed E-state index contributed by atoms with van der Waals surface area (Å²) in [6.07, 6.45) is 2.76. The number of esters is 1. The summed E-state index contributed by atoms with van der Waals surface area (Å²) in [5.74, 6) is 0.300. The molecule has 1 amide bonds. The topological polar surface area (TPSA) is 73.9 Å². The minimum atomic E-state index is -0.621. The molecule has 0 radical (unpaired) electrons. The van der Waals surface area contributed by atoms with Gasteiger partial charge in [0.05, 0.1) is 18.7 Å². The second-order valence-corrected chi connectivity index (χ2v) is 6.01. The molecule has 6 nitrogen and oxygen atoms in total. The molecule has 1 aromatic rings. The van der Waals surface area contributed by atoms with Crippen molar-refractivity contribution in [3.05, 3.63) is 28.8 Å². The lowest BCUT2D eigenvalue weighted by Crippen LogP contribution is -2.31. The second-order valence-electron chi connectivity index (χ2n) is 5.61. The fourth-order valence-electron chi connectivity index (χ4n) is 1.86. The van der Waals surface area contributed by atoms with Crippen molar-refractivity contribution in [2.24, 2.45) is 5.92 Å². The van der Waals surface area contributed by atoms with Gasteiger partial charge in [0.2, 0.25) is 0 Å². The highest BCUT2D eigenvalue weighted by atomic mass is 35.5. The van der Waals surface area contributed by atoms with E-state index < -0.39 is 5.97 Å². The van der Waals surface area contributed by atoms with Gasteiger partial charge in [-0.2, -0.15) is 0 Å². The molecule has 0 aliphatic rings. The van der Waals surface area contributed by atoms with E-state index in [-0.39, 0.29) is 12.5 Å². The SMILES string of the molecule is CCOc1cc(/C=C/C(=O)OCC(=O)NCC(C)C)cc(Cl)c1OC. The highest BCUT2D eigenvalue weighted by molar-refractivity contribution is 6.32. The van der Waals surface area contributed by atoms with Gasteiger partial charge in [0.1, 0.15) is 0 Å². The number of nitrogens with one attached hydrogen (secondary N) is 1. The Labute approximate surface area is 153 Å². The van der Waals surface area contributed by atoms with E-state index in [1.807, 2.05) is 20.8 Å². The Morgan fingerprint density at radius 3 is 2.64 bits per heavy atom. The Morgan fingerprint density at radius 1 is 1.32 bits per heavy atom. The maximum Gasteiger partial charge on any atom is 0.331 e. The van der Waals surface area contributed by atoms with Gasteiger partial charge in [-0.3, -0.25) is 4.79 Å². The first-order valence-electron chi connectivity index (χ1n) is 7.99. The van der Waals surface area contributed by atoms with Gasteiger partial charge in [0.25, 0.3) is 5.91 Å². The van der Waals surface area contributed by atoms with E-state index in [1.165, 1.54) is 19.3 Å². The summed E-state index contributed by atoms with van der Waals surface area (Å²) in [5.41, 5.74) is 0.649. The molecule has 1 rings (SSSR count). The Kier molecular flexibility index (Phi) is 8.84. The maximum absolute atomic E-state index is 11.7. The van der Waals surface area contributed by atoms with Crippen molar-refractivity contribution in [3.63, 3.8) is 0 Å². The first-order chi connectivity index (χ1) is 11.9. The largest absolute Gasteiger partial charge is 0.491 e. The van der Waals surface area contributed by atoms with Crippen molar-refractivity contribution in [1.29, 1.82) is 0 Å². The Bertz CT molecular complexity index is 628. The number of rotatable bonds is 9. The second kappa shape index (κ2) is 10.6. The molecule has 0 aliphatic carbocycles. The number of hydrogen-bond donors (Lipinski definition) is 1. The van der Waals surface area contributed by atoms with Crippen LogP contribution in [0.1, 0.15) is 26.3 Å². The van der Waals surface area contributed by atoms with Crippen LogP contribution in [0.2, 0.25) is 5.02 Å². The molecule has 7 heteroatoms. The smallest absolute Gasteiger partial charge is 0.331 e. The Hall–Kier alpha value is -2.21. The summed E-state index contributed by atoms with van der Waals surface area (Å²) in [5, 5.41) is 3.03. The third-order valence-corrected chi connectivity index (χ3v) is 3.28. The maximum atomic E-state index is 11.7. The summed E-state index contributed by atoms with van der Waals surface area (Å²) >= 11 is 6.14. The molecule has 0 fully saturated rings. The van der Waals surface area contributed by atoms with Crippen LogP contribution in [-0.4, -0.2) is 38.7 Å². The third-order valence-electron chi connectivity index (χ3n) is 3.00. The Balaban J connectivity index is 2.65. The average molecular weight is 370 g/mol. The zero-order chi connectivity index (χ0) is 18.8. The molecule has 138 valence electrons. The molecule has 1 N–H and O–H groups in total. The lowest BCUT2D eigenvalue weighted by Gasteiger charge is -2.11. The monoisotopic (exact) mass is 369 g/mol. The van der Waals surface area contributed by atoms with E-state index in [0.717, 1.165) is 0 Å². The first-order valence-corrected chi connectivity index (χ1v) is 8.37. The average Bonchev–Trinajstić information content (AvgIpc) is 2.56. The first kappa shape index (κ1) is 20.8. The lowest BCUT2D eigenvalue weighted by molar-refractivity contribution is -0.143. The van der Waals surface area contributed by atoms with Crippen LogP contribution < -0.4 is 14.8 Å². The van der Waals surface area contributed by atoms with Crippen LogP contribution in [0.5, 0.6) is 11.5 Å². The molecule has 0 aliphatic heterocycles. The van der Waals surface area contributed by atoms with Crippen LogP contribution in [0.4, 0.5) is 0 Å². The van der Waals surface area contributed by atoms with Crippen molar-refractivity contribution in [2.45, 2.75) is 20.8 Å². The number of carbonyl (C=O) groups excluding carboxylic acids is 2. The minimum absolute atomic E-state index is 0.316. The lowest BCUT2D eigenvalue weighted by atomic mass is 10.2. The fourth-order valence-corrected chi connectivity index (χ4v) is 2.16. The molecule has 25 heavy (non-hydrogen) atoms. The molecule has 0 saturated heterocycles. The van der Waals surface area contributed by atoms with Gasteiger partial charge in [-0.05, 0) is 36.6 Å². The van der Waals surface area contributed by atoms with Crippen LogP contribution in [0.3, 0.4) is 0 Å². The van der Waals surface area contributed by atoms with Gasteiger partial charge < -0.3 is 19.5 Å². The van der Waals surface area contributed by atoms with Crippen LogP contribution in [0.15, 0.2) is 18.2 Å². The van der Waals surface area contributed by atoms with Gasteiger partial charge >= 0.3 is 5.97 Å². The fraction of sp³-hybridized carbons (Fsp3) is 0.444. The summed E-state index contributed by atoms with van der Waals surface area (Å²) in [6, 6.07) is 3.34. The van der Waals surface area contributed by atoms with Crippen molar-refractivity contribution in [3.8, 4) is 11.5 Å². The van der Waals surface area contributed by atoms with Crippen molar-refractivity contribution < 1.29 is 23.8 Å². The Morgan fingerprint density at radius 2 is 2.04 bits per heavy atom. The number of benzene rings is 1. The normalized spacial score (nSPS) is 10.8. The van der Waals surface area contributed by atoms with E-state index in [4.69, 9.17) is 25.8 Å². The number of ether oxygens (including phenoxy) is 3. The van der Waals surface area contributed by atoms with E-state index in [9.17, 15) is 9.59 Å². The summed E-state index contributed by atoms with van der Waals surface area (Å²) in [6.45, 7) is 6.47. The van der Waals surface area contributed by atoms with E-state index >= 15 is 0 Å². The van der Waals surface area contributed by atoms with Gasteiger partial charge in [-0.15, -0.1) is 0 Å². The molecule has 0 saturated carbocycles. The highest BCUT2D eigenvalue weighted by Gasteiger charge is 2.11. The van der Waals surface area contributed by atoms with Gasteiger partial charge in [0.15, 0.2) is 18.1 Å². The molecule has 0 aromatic heterocycles. The molecular formula is C18H24ClNO5. The van der Waals surface area contributed by atoms with Crippen LogP contribution in [-0.2, 0) is 14.3 Å². The van der Waals surface area contributed by atoms with E-state index in [0.29, 0.717) is 41.2 Å². The van der Waals surface area contributed by atoms with Crippen LogP contribution >= 0.6 is 11.6 Å². The molecule has 0 atom stereocenters. The van der Waals surface area contributed by atoms with Crippen LogP contribution in [0.25, 0.3) is 6.08 Å². The van der Waals surface area contributed by atoms with Crippen molar-refractivity contribution >= 4 is 29.6 Å². The summed E-state index contributed by atoms with van der Waals surface area (Å²) in [7, 11) is 1.50. The van der Waals surface area contributed by atoms with Crippen molar-refractivity contribution in [1.82, 2.24) is 5.32 Å². The van der Waals surface area contributed by atoms with E-state index in [2.05, 4.69) is 5.32 Å². The molecule has 0 unspecified atom stereocenters. The highest BCUT2D eigenvalue weighted by Crippen LogP contribution is 2.36. The van der Waals surface area contributed by atoms with Gasteiger partial charge in [-0.1, -0.05) is 25.4 Å². The minimum Gasteiger partial charge on any atom is -0.491 e. The predicted molar refractivity (Wildman–Crippen MR) is 97.0 cm³/mol. The quantitative estimate of drug-likeness (QED) is 0.535. The third kappa shape index (κ3) is 7.47. The molecule has 0 spiro atoms. The summed E-state index contributed by atoms with van der Waals surface area (Å²) < 4.78 is 15.5. The molecule has 1 aromatic carbocycles. The molecule has 0 bridgehead atoms. The van der Waals surface area contributed by atoms with Crippen LogP contribution in [0, 0.1) is 5.92 Å². The summed E-state index contributed by atoms with van der Waals surface area (Å²) in [4.78, 5) is 23.2. The number of carbonyl (C=O) groups is 2. The standard InChI is InChI=1S/C18H24ClNO5/c1-5-24-15-9-13(8-14(19)18(15)23-4)6-7-17(22)25-11-16(21)20-10-12(2)3/h6-9,12H,5,10-11H2,1-4H3,(H,20,21)/b7-6+. The zero-order valence-corrected chi connectivity index (χ0v) is 15.7. The van der Waals surface area contributed by atoms with Crippen molar-refractivity contribution in [2.75, 3.05) is 26.9 Å². The number of hydrogen-bond acceptors (Lipinski definition) is 5. The molecule has 0 heterocycles. The van der Waals surface area contributed by atoms with Gasteiger partial charge in [0, 0.05) is 12.6 Å².